The molecule has 2 rings (SSSR count). The van der Waals surface area contributed by atoms with E-state index in [1.807, 2.05) is 22.6 Å². The molecule has 0 spiro atoms. The van der Waals surface area contributed by atoms with Crippen LogP contribution in [0.15, 0.2) is 22.8 Å². The fourth-order valence-corrected chi connectivity index (χ4v) is 2.53. The number of hydroxylamine groups is 1. The summed E-state index contributed by atoms with van der Waals surface area (Å²) < 4.78 is 2.76. The van der Waals surface area contributed by atoms with Gasteiger partial charge in [0.2, 0.25) is 0 Å². The number of aromatic nitrogens is 2. The van der Waals surface area contributed by atoms with Crippen molar-refractivity contribution < 1.29 is 10.0 Å². The quantitative estimate of drug-likeness (QED) is 0.443. The maximum atomic E-state index is 11.2. The zero-order chi connectivity index (χ0) is 14.7. The fourth-order valence-electron chi connectivity index (χ4n) is 2.01. The third-order valence-corrected chi connectivity index (χ3v) is 3.43. The predicted molar refractivity (Wildman–Crippen MR) is 79.9 cm³/mol. The highest BCUT2D eigenvalue weighted by molar-refractivity contribution is 9.10. The van der Waals surface area contributed by atoms with Crippen LogP contribution in [0.5, 0.6) is 0 Å². The van der Waals surface area contributed by atoms with Gasteiger partial charge >= 0.3 is 0 Å². The Labute approximate surface area is 125 Å². The second-order valence-electron chi connectivity index (χ2n) is 4.94. The van der Waals surface area contributed by atoms with Crippen LogP contribution in [0.2, 0.25) is 0 Å². The van der Waals surface area contributed by atoms with E-state index < -0.39 is 5.91 Å². The molecule has 0 atom stereocenters. The fraction of sp³-hybridized carbons (Fsp3) is 0.385. The highest BCUT2D eigenvalue weighted by Crippen LogP contribution is 2.25. The van der Waals surface area contributed by atoms with Crippen LogP contribution in [0.25, 0.3) is 5.65 Å². The van der Waals surface area contributed by atoms with Gasteiger partial charge in [0, 0.05) is 0 Å². The molecule has 20 heavy (non-hydrogen) atoms. The van der Waals surface area contributed by atoms with E-state index in [2.05, 4.69) is 40.1 Å². The number of hydrogen-bond acceptors (Lipinski definition) is 4. The van der Waals surface area contributed by atoms with Crippen molar-refractivity contribution in [1.82, 2.24) is 14.9 Å². The van der Waals surface area contributed by atoms with Crippen molar-refractivity contribution in [1.29, 1.82) is 0 Å². The molecule has 2 aromatic heterocycles. The third kappa shape index (κ3) is 3.10. The van der Waals surface area contributed by atoms with Crippen molar-refractivity contribution in [2.75, 3.05) is 11.9 Å². The Kier molecular flexibility index (Phi) is 4.61. The molecular formula is C13H17BrN4O2. The highest BCUT2D eigenvalue weighted by atomic mass is 79.9. The Morgan fingerprint density at radius 3 is 2.90 bits per heavy atom. The summed E-state index contributed by atoms with van der Waals surface area (Å²) in [6.07, 6.45) is 0.803. The molecule has 7 heteroatoms. The molecule has 0 saturated carbocycles. The molecule has 0 aliphatic carbocycles. The van der Waals surface area contributed by atoms with Crippen LogP contribution in [-0.4, -0.2) is 27.0 Å². The molecule has 2 heterocycles. The van der Waals surface area contributed by atoms with Crippen molar-refractivity contribution in [3.05, 3.63) is 28.5 Å². The van der Waals surface area contributed by atoms with Gasteiger partial charge in [0.15, 0.2) is 0 Å². The van der Waals surface area contributed by atoms with E-state index in [-0.39, 0.29) is 6.54 Å². The minimum Gasteiger partial charge on any atom is -0.360 e. The van der Waals surface area contributed by atoms with Crippen LogP contribution in [0.1, 0.15) is 19.5 Å². The van der Waals surface area contributed by atoms with E-state index in [1.165, 1.54) is 0 Å². The van der Waals surface area contributed by atoms with E-state index in [0.717, 1.165) is 28.2 Å². The summed E-state index contributed by atoms with van der Waals surface area (Å²) in [6.45, 7) is 4.21. The van der Waals surface area contributed by atoms with Crippen LogP contribution in [-0.2, 0) is 11.2 Å². The lowest BCUT2D eigenvalue weighted by Crippen LogP contribution is -2.27. The van der Waals surface area contributed by atoms with Crippen LogP contribution in [0, 0.1) is 5.92 Å². The van der Waals surface area contributed by atoms with Crippen molar-refractivity contribution in [3.8, 4) is 0 Å². The van der Waals surface area contributed by atoms with Crippen molar-refractivity contribution in [2.45, 2.75) is 20.3 Å². The van der Waals surface area contributed by atoms with Crippen LogP contribution < -0.4 is 10.8 Å². The van der Waals surface area contributed by atoms with Gasteiger partial charge in [-0.05, 0) is 40.4 Å². The summed E-state index contributed by atoms with van der Waals surface area (Å²) in [5, 5.41) is 11.6. The minimum absolute atomic E-state index is 0.0171. The molecule has 3 N–H and O–H groups in total. The van der Waals surface area contributed by atoms with Gasteiger partial charge in [-0.1, -0.05) is 19.9 Å². The van der Waals surface area contributed by atoms with Gasteiger partial charge in [0.05, 0.1) is 16.8 Å². The lowest BCUT2D eigenvalue weighted by molar-refractivity contribution is -0.127. The van der Waals surface area contributed by atoms with Gasteiger partial charge in [0.1, 0.15) is 11.5 Å². The summed E-state index contributed by atoms with van der Waals surface area (Å²) >= 11 is 3.48. The lowest BCUT2D eigenvalue weighted by atomic mass is 10.1. The summed E-state index contributed by atoms with van der Waals surface area (Å²) in [6, 6.07) is 5.73. The lowest BCUT2D eigenvalue weighted by Gasteiger charge is -2.10. The van der Waals surface area contributed by atoms with Crippen molar-refractivity contribution >= 4 is 33.3 Å². The average molecular weight is 341 g/mol. The number of anilines is 1. The van der Waals surface area contributed by atoms with Gasteiger partial charge in [-0.2, -0.15) is 0 Å². The molecule has 0 saturated heterocycles. The van der Waals surface area contributed by atoms with E-state index in [1.54, 1.807) is 5.48 Å². The van der Waals surface area contributed by atoms with Crippen molar-refractivity contribution in [2.24, 2.45) is 5.92 Å². The molecular weight excluding hydrogens is 324 g/mol. The Morgan fingerprint density at radius 1 is 1.50 bits per heavy atom. The Bertz CT molecular complexity index is 624. The molecule has 0 bridgehead atoms. The number of nitrogens with zero attached hydrogens (tertiary/aromatic N) is 2. The number of carbonyl (C=O) groups excluding carboxylic acids is 1. The van der Waals surface area contributed by atoms with Crippen LogP contribution >= 0.6 is 15.9 Å². The zero-order valence-electron chi connectivity index (χ0n) is 11.4. The molecule has 2 aromatic rings. The standard InChI is InChI=1S/C13H17BrN4O2/c1-8(2)6-9-13(15-7-12(19)17-20)18-10(14)4-3-5-11(18)16-9/h3-5,8,15,20H,6-7H2,1-2H3,(H,17,19). The van der Waals surface area contributed by atoms with Crippen LogP contribution in [0.3, 0.4) is 0 Å². The molecule has 0 aliphatic heterocycles. The van der Waals surface area contributed by atoms with E-state index in [4.69, 9.17) is 5.21 Å². The van der Waals surface area contributed by atoms with Crippen molar-refractivity contribution in [3.63, 3.8) is 0 Å². The number of halogens is 1. The first kappa shape index (κ1) is 14.8. The minimum atomic E-state index is -0.498. The molecule has 0 unspecified atom stereocenters. The normalized spacial score (nSPS) is 11.1. The average Bonchev–Trinajstić information content (AvgIpc) is 2.74. The largest absolute Gasteiger partial charge is 0.360 e. The Morgan fingerprint density at radius 2 is 2.25 bits per heavy atom. The Balaban J connectivity index is 2.43. The Hall–Kier alpha value is -1.60. The first-order valence-electron chi connectivity index (χ1n) is 6.35. The number of hydrogen-bond donors (Lipinski definition) is 3. The third-order valence-electron chi connectivity index (χ3n) is 2.81. The van der Waals surface area contributed by atoms with Crippen LogP contribution in [0.4, 0.5) is 5.82 Å². The smallest absolute Gasteiger partial charge is 0.262 e. The number of nitrogens with one attached hydrogen (secondary N) is 2. The summed E-state index contributed by atoms with van der Waals surface area (Å²) in [7, 11) is 0. The second-order valence-corrected chi connectivity index (χ2v) is 5.75. The number of rotatable bonds is 5. The van der Waals surface area contributed by atoms with Gasteiger partial charge in [0.25, 0.3) is 5.91 Å². The topological polar surface area (TPSA) is 78.7 Å². The SMILES string of the molecule is CC(C)Cc1nc2cccc(Br)n2c1NCC(=O)NO. The number of pyridine rings is 1. The maximum absolute atomic E-state index is 11.2. The van der Waals surface area contributed by atoms with Gasteiger partial charge in [-0.25, -0.2) is 10.5 Å². The van der Waals surface area contributed by atoms with E-state index in [9.17, 15) is 4.79 Å². The molecule has 0 aliphatic rings. The second kappa shape index (κ2) is 6.23. The summed E-state index contributed by atoms with van der Waals surface area (Å²) in [5.74, 6) is 0.721. The number of fused-ring (bicyclic) bond motifs is 1. The molecule has 0 fully saturated rings. The number of imidazole rings is 1. The molecule has 0 radical (unpaired) electrons. The van der Waals surface area contributed by atoms with Gasteiger partial charge in [-0.3, -0.25) is 14.4 Å². The summed E-state index contributed by atoms with van der Waals surface area (Å²) in [4.78, 5) is 15.8. The first-order chi connectivity index (χ1) is 9.52. The number of amides is 1. The summed E-state index contributed by atoms with van der Waals surface area (Å²) in [5.41, 5.74) is 3.32. The predicted octanol–water partition coefficient (Wildman–Crippen LogP) is 2.21. The molecule has 1 amide bonds. The van der Waals surface area contributed by atoms with Gasteiger partial charge < -0.3 is 5.32 Å². The zero-order valence-corrected chi connectivity index (χ0v) is 12.9. The first-order valence-corrected chi connectivity index (χ1v) is 7.15. The highest BCUT2D eigenvalue weighted by Gasteiger charge is 2.15. The number of carbonyl (C=O) groups is 1. The van der Waals surface area contributed by atoms with Gasteiger partial charge in [-0.15, -0.1) is 0 Å². The van der Waals surface area contributed by atoms with E-state index in [0.29, 0.717) is 5.92 Å². The molecule has 108 valence electrons. The molecule has 6 nitrogen and oxygen atoms in total. The van der Waals surface area contributed by atoms with E-state index >= 15 is 0 Å². The molecule has 0 aromatic carbocycles. The monoisotopic (exact) mass is 340 g/mol. The maximum Gasteiger partial charge on any atom is 0.262 e.